The highest BCUT2D eigenvalue weighted by Gasteiger charge is 2.32. The molecule has 148 valence electrons. The van der Waals surface area contributed by atoms with E-state index in [9.17, 15) is 18.5 Å². The zero-order chi connectivity index (χ0) is 19.7. The van der Waals surface area contributed by atoms with Crippen LogP contribution < -0.4 is 5.32 Å². The van der Waals surface area contributed by atoms with Crippen LogP contribution in [0.25, 0.3) is 0 Å². The summed E-state index contributed by atoms with van der Waals surface area (Å²) in [7, 11) is -3.88. The van der Waals surface area contributed by atoms with Gasteiger partial charge in [-0.25, -0.2) is 8.42 Å². The van der Waals surface area contributed by atoms with Gasteiger partial charge >= 0.3 is 0 Å². The highest BCUT2D eigenvalue weighted by Crippen LogP contribution is 2.37. The molecule has 1 fully saturated rings. The van der Waals surface area contributed by atoms with Crippen molar-refractivity contribution in [2.45, 2.75) is 23.8 Å². The van der Waals surface area contributed by atoms with E-state index in [-0.39, 0.29) is 29.7 Å². The fourth-order valence-electron chi connectivity index (χ4n) is 3.78. The van der Waals surface area contributed by atoms with Gasteiger partial charge in [0, 0.05) is 25.2 Å². The Morgan fingerprint density at radius 2 is 1.89 bits per heavy atom. The van der Waals surface area contributed by atoms with Gasteiger partial charge in [-0.05, 0) is 30.0 Å². The zero-order valence-corrected chi connectivity index (χ0v) is 16.0. The smallest absolute Gasteiger partial charge is 0.270 e. The molecule has 28 heavy (non-hydrogen) atoms. The molecule has 0 unspecified atom stereocenters. The van der Waals surface area contributed by atoms with Crippen LogP contribution in [0.3, 0.4) is 0 Å². The molecule has 2 aliphatic rings. The van der Waals surface area contributed by atoms with Gasteiger partial charge in [0.2, 0.25) is 10.0 Å². The average Bonchev–Trinajstić information content (AvgIpc) is 3.12. The number of non-ortho nitro benzene ring substituents is 1. The number of hydrogen-bond donors (Lipinski definition) is 1. The van der Waals surface area contributed by atoms with Gasteiger partial charge in [-0.15, -0.1) is 0 Å². The third-order valence-corrected chi connectivity index (χ3v) is 7.17. The minimum absolute atomic E-state index is 0.0312. The van der Waals surface area contributed by atoms with Gasteiger partial charge in [-0.3, -0.25) is 10.1 Å². The number of hydrogen-bond acceptors (Lipinski definition) is 6. The maximum Gasteiger partial charge on any atom is 0.270 e. The summed E-state index contributed by atoms with van der Waals surface area (Å²) in [5.41, 5.74) is 2.51. The van der Waals surface area contributed by atoms with Crippen molar-refractivity contribution in [1.29, 1.82) is 0 Å². The molecule has 0 aromatic heterocycles. The van der Waals surface area contributed by atoms with E-state index in [4.69, 9.17) is 4.74 Å². The number of anilines is 1. The highest BCUT2D eigenvalue weighted by atomic mass is 32.2. The van der Waals surface area contributed by atoms with E-state index >= 15 is 0 Å². The number of sulfonamides is 1. The maximum absolute atomic E-state index is 13.2. The van der Waals surface area contributed by atoms with Gasteiger partial charge < -0.3 is 10.1 Å². The maximum atomic E-state index is 13.2. The Labute approximate surface area is 163 Å². The summed E-state index contributed by atoms with van der Waals surface area (Å²) in [5, 5.41) is 14.5. The summed E-state index contributed by atoms with van der Waals surface area (Å²) in [6, 6.07) is 12.0. The van der Waals surface area contributed by atoms with Crippen LogP contribution >= 0.6 is 0 Å². The Bertz CT molecular complexity index is 1000. The summed E-state index contributed by atoms with van der Waals surface area (Å²) in [4.78, 5) is 10.6. The number of nitro benzene ring substituents is 1. The molecule has 1 atom stereocenters. The predicted octanol–water partition coefficient (Wildman–Crippen LogP) is 2.72. The molecule has 0 amide bonds. The second-order valence-corrected chi connectivity index (χ2v) is 8.79. The van der Waals surface area contributed by atoms with Crippen molar-refractivity contribution in [3.05, 3.63) is 63.7 Å². The molecule has 1 aliphatic heterocycles. The first-order valence-corrected chi connectivity index (χ1v) is 10.6. The van der Waals surface area contributed by atoms with E-state index in [0.717, 1.165) is 24.5 Å². The Hall–Kier alpha value is -2.49. The van der Waals surface area contributed by atoms with Gasteiger partial charge in [-0.1, -0.05) is 24.3 Å². The summed E-state index contributed by atoms with van der Waals surface area (Å²) in [6.45, 7) is 1.09. The minimum Gasteiger partial charge on any atom is -0.379 e. The molecule has 0 radical (unpaired) electrons. The lowest BCUT2D eigenvalue weighted by Crippen LogP contribution is -2.40. The van der Waals surface area contributed by atoms with Crippen LogP contribution in [0.5, 0.6) is 0 Å². The number of morpholine rings is 1. The molecule has 0 saturated carbocycles. The van der Waals surface area contributed by atoms with E-state index in [0.29, 0.717) is 18.9 Å². The van der Waals surface area contributed by atoms with E-state index in [1.807, 2.05) is 18.2 Å². The topological polar surface area (TPSA) is 102 Å². The van der Waals surface area contributed by atoms with Gasteiger partial charge in [0.25, 0.3) is 5.69 Å². The van der Waals surface area contributed by atoms with Crippen LogP contribution in [0.2, 0.25) is 0 Å². The normalized spacial score (nSPS) is 19.9. The largest absolute Gasteiger partial charge is 0.379 e. The molecule has 0 bridgehead atoms. The lowest BCUT2D eigenvalue weighted by atomic mass is 10.1. The molecular weight excluding hydrogens is 382 g/mol. The Morgan fingerprint density at radius 1 is 1.14 bits per heavy atom. The van der Waals surface area contributed by atoms with Gasteiger partial charge in [0.1, 0.15) is 4.90 Å². The first-order valence-electron chi connectivity index (χ1n) is 9.17. The van der Waals surface area contributed by atoms with Gasteiger partial charge in [0.05, 0.1) is 29.9 Å². The monoisotopic (exact) mass is 403 g/mol. The average molecular weight is 403 g/mol. The fourth-order valence-corrected chi connectivity index (χ4v) is 5.36. The lowest BCUT2D eigenvalue weighted by molar-refractivity contribution is -0.385. The van der Waals surface area contributed by atoms with Crippen LogP contribution in [-0.2, 0) is 21.2 Å². The van der Waals surface area contributed by atoms with E-state index in [1.165, 1.54) is 22.0 Å². The second kappa shape index (κ2) is 7.50. The fraction of sp³-hybridized carbons (Fsp3) is 0.368. The molecule has 1 aliphatic carbocycles. The Balaban J connectivity index is 1.72. The van der Waals surface area contributed by atoms with Crippen molar-refractivity contribution in [1.82, 2.24) is 4.31 Å². The Morgan fingerprint density at radius 3 is 2.64 bits per heavy atom. The van der Waals surface area contributed by atoms with Crippen molar-refractivity contribution in [2.24, 2.45) is 0 Å². The van der Waals surface area contributed by atoms with Crippen molar-refractivity contribution in [3.8, 4) is 0 Å². The highest BCUT2D eigenvalue weighted by molar-refractivity contribution is 7.89. The Kier molecular flexibility index (Phi) is 5.05. The van der Waals surface area contributed by atoms with Gasteiger partial charge in [0.15, 0.2) is 0 Å². The first-order chi connectivity index (χ1) is 13.5. The van der Waals surface area contributed by atoms with Crippen molar-refractivity contribution in [2.75, 3.05) is 31.6 Å². The molecule has 2 aromatic rings. The van der Waals surface area contributed by atoms with E-state index < -0.39 is 14.9 Å². The molecule has 1 saturated heterocycles. The third kappa shape index (κ3) is 3.48. The molecule has 0 spiro atoms. The number of benzene rings is 2. The standard InChI is InChI=1S/C19H21N3O5S/c23-22(24)15-6-8-18(20-17-7-5-14-3-1-2-4-16(14)17)19(13-15)28(25,26)21-9-11-27-12-10-21/h1-4,6,8,13,17,20H,5,7,9-12H2/t17-/m1/s1. The summed E-state index contributed by atoms with van der Waals surface area (Å²) in [6.07, 6.45) is 1.75. The molecule has 4 rings (SSSR count). The lowest BCUT2D eigenvalue weighted by Gasteiger charge is -2.27. The molecule has 1 heterocycles. The van der Waals surface area contributed by atoms with Gasteiger partial charge in [-0.2, -0.15) is 4.31 Å². The van der Waals surface area contributed by atoms with E-state index in [2.05, 4.69) is 11.4 Å². The molecular formula is C19H21N3O5S. The van der Waals surface area contributed by atoms with E-state index in [1.54, 1.807) is 0 Å². The number of nitro groups is 1. The first kappa shape index (κ1) is 18.9. The molecule has 2 aromatic carbocycles. The zero-order valence-electron chi connectivity index (χ0n) is 15.2. The molecule has 1 N–H and O–H groups in total. The quantitative estimate of drug-likeness (QED) is 0.608. The van der Waals surface area contributed by atoms with Crippen molar-refractivity contribution >= 4 is 21.4 Å². The van der Waals surface area contributed by atoms with Crippen LogP contribution in [0, 0.1) is 10.1 Å². The number of ether oxygens (including phenoxy) is 1. The number of nitrogens with zero attached hydrogens (tertiary/aromatic N) is 2. The van der Waals surface area contributed by atoms with Crippen molar-refractivity contribution < 1.29 is 18.1 Å². The number of nitrogens with one attached hydrogen (secondary N) is 1. The molecule has 8 nitrogen and oxygen atoms in total. The third-order valence-electron chi connectivity index (χ3n) is 5.23. The number of fused-ring (bicyclic) bond motifs is 1. The van der Waals surface area contributed by atoms with Crippen molar-refractivity contribution in [3.63, 3.8) is 0 Å². The SMILES string of the molecule is O=[N+]([O-])c1ccc(N[C@@H]2CCc3ccccc32)c(S(=O)(=O)N2CCOCC2)c1. The predicted molar refractivity (Wildman–Crippen MR) is 104 cm³/mol. The summed E-state index contributed by atoms with van der Waals surface area (Å²) >= 11 is 0. The minimum atomic E-state index is -3.88. The summed E-state index contributed by atoms with van der Waals surface area (Å²) in [5.74, 6) is 0. The van der Waals surface area contributed by atoms with Crippen LogP contribution in [0.4, 0.5) is 11.4 Å². The van der Waals surface area contributed by atoms with Crippen LogP contribution in [0.1, 0.15) is 23.6 Å². The second-order valence-electron chi connectivity index (χ2n) is 6.89. The van der Waals surface area contributed by atoms with Crippen LogP contribution in [0.15, 0.2) is 47.4 Å². The summed E-state index contributed by atoms with van der Waals surface area (Å²) < 4.78 is 33.0. The number of aryl methyl sites for hydroxylation is 1. The molecule has 9 heteroatoms. The van der Waals surface area contributed by atoms with Crippen LogP contribution in [-0.4, -0.2) is 43.9 Å². The number of rotatable bonds is 5.